The summed E-state index contributed by atoms with van der Waals surface area (Å²) in [6.45, 7) is 3.44. The van der Waals surface area contributed by atoms with Crippen LogP contribution >= 0.6 is 0 Å². The van der Waals surface area contributed by atoms with Crippen molar-refractivity contribution < 1.29 is 4.79 Å². The molecule has 0 unspecified atom stereocenters. The summed E-state index contributed by atoms with van der Waals surface area (Å²) in [6.07, 6.45) is 3.41. The second-order valence-corrected chi connectivity index (χ2v) is 4.89. The van der Waals surface area contributed by atoms with Crippen LogP contribution in [0, 0.1) is 0 Å². The number of benzene rings is 1. The van der Waals surface area contributed by atoms with Crippen molar-refractivity contribution in [1.82, 2.24) is 4.90 Å². The fraction of sp³-hybridized carbons (Fsp3) is 0.500. The number of rotatable bonds is 2. The number of anilines is 1. The molecule has 1 fully saturated rings. The Labute approximate surface area is 102 Å². The van der Waals surface area contributed by atoms with E-state index in [-0.39, 0.29) is 0 Å². The lowest BCUT2D eigenvalue weighted by Crippen LogP contribution is -2.38. The lowest BCUT2D eigenvalue weighted by atomic mass is 10.2. The second kappa shape index (κ2) is 4.40. The van der Waals surface area contributed by atoms with E-state index in [1.54, 1.807) is 0 Å². The molecule has 3 rings (SSSR count). The average molecular weight is 230 g/mol. The van der Waals surface area contributed by atoms with E-state index in [1.807, 2.05) is 4.90 Å². The topological polar surface area (TPSA) is 23.6 Å². The molecule has 0 bridgehead atoms. The van der Waals surface area contributed by atoms with Crippen LogP contribution in [0.15, 0.2) is 24.3 Å². The van der Waals surface area contributed by atoms with Gasteiger partial charge in [-0.2, -0.15) is 0 Å². The highest BCUT2D eigenvalue weighted by atomic mass is 16.2. The monoisotopic (exact) mass is 230 g/mol. The maximum absolute atomic E-state index is 12.1. The molecule has 0 aromatic heterocycles. The van der Waals surface area contributed by atoms with Crippen LogP contribution in [0.4, 0.5) is 5.69 Å². The Morgan fingerprint density at radius 2 is 1.88 bits per heavy atom. The van der Waals surface area contributed by atoms with E-state index < -0.39 is 0 Å². The summed E-state index contributed by atoms with van der Waals surface area (Å²) in [5.74, 6) is 0.291. The number of nitrogens with zero attached hydrogens (tertiary/aromatic N) is 2. The first-order chi connectivity index (χ1) is 8.34. The van der Waals surface area contributed by atoms with E-state index in [0.717, 1.165) is 26.1 Å². The summed E-state index contributed by atoms with van der Waals surface area (Å²) >= 11 is 0. The lowest BCUT2D eigenvalue weighted by molar-refractivity contribution is -0.128. The molecule has 1 aromatic carbocycles. The average Bonchev–Trinajstić information content (AvgIpc) is 2.98. The minimum Gasteiger partial charge on any atom is -0.362 e. The van der Waals surface area contributed by atoms with Crippen LogP contribution < -0.4 is 4.90 Å². The van der Waals surface area contributed by atoms with Crippen LogP contribution in [-0.4, -0.2) is 37.0 Å². The van der Waals surface area contributed by atoms with Gasteiger partial charge in [0, 0.05) is 25.3 Å². The van der Waals surface area contributed by atoms with E-state index >= 15 is 0 Å². The Morgan fingerprint density at radius 1 is 1.12 bits per heavy atom. The van der Waals surface area contributed by atoms with Crippen molar-refractivity contribution in [2.75, 3.05) is 31.1 Å². The van der Waals surface area contributed by atoms with Crippen molar-refractivity contribution in [3.8, 4) is 0 Å². The normalized spacial score (nSPS) is 18.6. The molecule has 0 radical (unpaired) electrons. The third kappa shape index (κ3) is 2.02. The van der Waals surface area contributed by atoms with Crippen molar-refractivity contribution in [3.05, 3.63) is 29.8 Å². The van der Waals surface area contributed by atoms with Crippen molar-refractivity contribution in [2.24, 2.45) is 0 Å². The quantitative estimate of drug-likeness (QED) is 0.771. The lowest BCUT2D eigenvalue weighted by Gasteiger charge is -2.22. The molecular formula is C14H18N2O. The fourth-order valence-electron chi connectivity index (χ4n) is 2.80. The molecule has 1 saturated heterocycles. The van der Waals surface area contributed by atoms with Crippen molar-refractivity contribution >= 4 is 11.6 Å². The molecule has 17 heavy (non-hydrogen) atoms. The van der Waals surface area contributed by atoms with Crippen LogP contribution in [0.5, 0.6) is 0 Å². The van der Waals surface area contributed by atoms with Crippen LogP contribution in [0.3, 0.4) is 0 Å². The number of amides is 1. The first-order valence-electron chi connectivity index (χ1n) is 6.45. The van der Waals surface area contributed by atoms with E-state index in [0.29, 0.717) is 12.5 Å². The van der Waals surface area contributed by atoms with Crippen molar-refractivity contribution in [3.63, 3.8) is 0 Å². The Morgan fingerprint density at radius 3 is 2.71 bits per heavy atom. The summed E-state index contributed by atoms with van der Waals surface area (Å²) in [7, 11) is 0. The van der Waals surface area contributed by atoms with Gasteiger partial charge in [0.25, 0.3) is 0 Å². The van der Waals surface area contributed by atoms with Gasteiger partial charge in [0.2, 0.25) is 5.91 Å². The first-order valence-corrected chi connectivity index (χ1v) is 6.45. The number of para-hydroxylation sites is 1. The molecule has 0 aliphatic carbocycles. The SMILES string of the molecule is O=C(CN1CCc2ccccc21)N1CCCC1. The molecule has 2 aliphatic rings. The minimum absolute atomic E-state index is 0.291. The van der Waals surface area contributed by atoms with Crippen LogP contribution in [0.1, 0.15) is 18.4 Å². The van der Waals surface area contributed by atoms with Gasteiger partial charge in [0.15, 0.2) is 0 Å². The number of fused-ring (bicyclic) bond motifs is 1. The van der Waals surface area contributed by atoms with Crippen LogP contribution in [0.25, 0.3) is 0 Å². The van der Waals surface area contributed by atoms with E-state index in [9.17, 15) is 4.79 Å². The number of hydrogen-bond donors (Lipinski definition) is 0. The second-order valence-electron chi connectivity index (χ2n) is 4.89. The Kier molecular flexibility index (Phi) is 2.75. The molecule has 2 heterocycles. The van der Waals surface area contributed by atoms with Gasteiger partial charge < -0.3 is 9.80 Å². The van der Waals surface area contributed by atoms with Crippen LogP contribution in [0.2, 0.25) is 0 Å². The highest BCUT2D eigenvalue weighted by Crippen LogP contribution is 2.27. The maximum Gasteiger partial charge on any atom is 0.242 e. The standard InChI is InChI=1S/C14H18N2O/c17-14(15-8-3-4-9-15)11-16-10-7-12-5-1-2-6-13(12)16/h1-2,5-6H,3-4,7-11H2. The predicted octanol–water partition coefficient (Wildman–Crippen LogP) is 1.67. The predicted molar refractivity (Wildman–Crippen MR) is 68.2 cm³/mol. The summed E-state index contributed by atoms with van der Waals surface area (Å²) in [5, 5.41) is 0. The van der Waals surface area contributed by atoms with Gasteiger partial charge in [-0.05, 0) is 30.9 Å². The zero-order valence-electron chi connectivity index (χ0n) is 10.1. The Hall–Kier alpha value is -1.51. The smallest absolute Gasteiger partial charge is 0.242 e. The van der Waals surface area contributed by atoms with Gasteiger partial charge >= 0.3 is 0 Å². The number of carbonyl (C=O) groups is 1. The Bertz CT molecular complexity index is 424. The molecule has 0 spiro atoms. The van der Waals surface area contributed by atoms with Crippen molar-refractivity contribution in [1.29, 1.82) is 0 Å². The molecule has 0 N–H and O–H groups in total. The molecule has 90 valence electrons. The molecule has 0 saturated carbocycles. The molecule has 1 aromatic rings. The molecule has 3 nitrogen and oxygen atoms in total. The zero-order chi connectivity index (χ0) is 11.7. The third-order valence-corrected chi connectivity index (χ3v) is 3.77. The fourth-order valence-corrected chi connectivity index (χ4v) is 2.80. The molecule has 1 amide bonds. The third-order valence-electron chi connectivity index (χ3n) is 3.77. The van der Waals surface area contributed by atoms with Crippen molar-refractivity contribution in [2.45, 2.75) is 19.3 Å². The maximum atomic E-state index is 12.1. The number of carbonyl (C=O) groups excluding carboxylic acids is 1. The van der Waals surface area contributed by atoms with E-state index in [4.69, 9.17) is 0 Å². The summed E-state index contributed by atoms with van der Waals surface area (Å²) < 4.78 is 0. The molecule has 2 aliphatic heterocycles. The van der Waals surface area contributed by atoms with Crippen LogP contribution in [-0.2, 0) is 11.2 Å². The van der Waals surface area contributed by atoms with E-state index in [1.165, 1.54) is 24.1 Å². The van der Waals surface area contributed by atoms with Gasteiger partial charge in [0.05, 0.1) is 6.54 Å². The van der Waals surface area contributed by atoms with E-state index in [2.05, 4.69) is 29.2 Å². The number of hydrogen-bond acceptors (Lipinski definition) is 2. The highest BCUT2D eigenvalue weighted by molar-refractivity contribution is 5.82. The van der Waals surface area contributed by atoms with Gasteiger partial charge in [-0.3, -0.25) is 4.79 Å². The van der Waals surface area contributed by atoms with Gasteiger partial charge in [-0.15, -0.1) is 0 Å². The van der Waals surface area contributed by atoms with Gasteiger partial charge in [-0.1, -0.05) is 18.2 Å². The Balaban J connectivity index is 1.68. The first kappa shape index (κ1) is 10.6. The number of likely N-dealkylation sites (tertiary alicyclic amines) is 1. The minimum atomic E-state index is 0.291. The molecular weight excluding hydrogens is 212 g/mol. The molecule has 0 atom stereocenters. The van der Waals surface area contributed by atoms with Gasteiger partial charge in [-0.25, -0.2) is 0 Å². The summed E-state index contributed by atoms with van der Waals surface area (Å²) in [5.41, 5.74) is 2.63. The highest BCUT2D eigenvalue weighted by Gasteiger charge is 2.24. The largest absolute Gasteiger partial charge is 0.362 e. The molecule has 3 heteroatoms. The van der Waals surface area contributed by atoms with Gasteiger partial charge in [0.1, 0.15) is 0 Å². The summed E-state index contributed by atoms with van der Waals surface area (Å²) in [4.78, 5) is 16.3. The summed E-state index contributed by atoms with van der Waals surface area (Å²) in [6, 6.07) is 8.41. The zero-order valence-corrected chi connectivity index (χ0v) is 10.1.